The number of nitro groups is 1. The van der Waals surface area contributed by atoms with Crippen LogP contribution in [-0.4, -0.2) is 28.1 Å². The Morgan fingerprint density at radius 1 is 1.26 bits per heavy atom. The first-order chi connectivity index (χ1) is 9.08. The third kappa shape index (κ3) is 3.29. The highest BCUT2D eigenvalue weighted by Crippen LogP contribution is 2.19. The zero-order valence-corrected chi connectivity index (χ0v) is 10.4. The topological polar surface area (TPSA) is 92.5 Å². The molecule has 1 aliphatic carbocycles. The van der Waals surface area contributed by atoms with Gasteiger partial charge in [-0.05, 0) is 25.0 Å². The number of aliphatic hydroxyl groups excluding tert-OH is 1. The maximum absolute atomic E-state index is 11.9. The summed E-state index contributed by atoms with van der Waals surface area (Å²) in [6.45, 7) is 0. The summed E-state index contributed by atoms with van der Waals surface area (Å²) in [4.78, 5) is 22.0. The van der Waals surface area contributed by atoms with Gasteiger partial charge in [-0.2, -0.15) is 0 Å². The van der Waals surface area contributed by atoms with Crippen molar-refractivity contribution in [2.75, 3.05) is 0 Å². The second-order valence-electron chi connectivity index (χ2n) is 4.74. The Kier molecular flexibility index (Phi) is 4.11. The molecule has 0 radical (unpaired) electrons. The molecule has 0 unspecified atom stereocenters. The monoisotopic (exact) mass is 264 g/mol. The summed E-state index contributed by atoms with van der Waals surface area (Å²) in [5.74, 6) is -0.305. The Morgan fingerprint density at radius 2 is 1.89 bits per heavy atom. The fourth-order valence-electron chi connectivity index (χ4n) is 2.27. The SMILES string of the molecule is O=C(N[C@@H]1CCCC[C@H]1O)c1ccc([N+](=O)[O-])cc1. The lowest BCUT2D eigenvalue weighted by Crippen LogP contribution is -2.45. The third-order valence-electron chi connectivity index (χ3n) is 3.39. The number of nitrogens with one attached hydrogen (secondary N) is 1. The van der Waals surface area contributed by atoms with Crippen molar-refractivity contribution in [3.63, 3.8) is 0 Å². The van der Waals surface area contributed by atoms with Gasteiger partial charge >= 0.3 is 0 Å². The van der Waals surface area contributed by atoms with E-state index in [0.717, 1.165) is 19.3 Å². The lowest BCUT2D eigenvalue weighted by molar-refractivity contribution is -0.384. The molecule has 19 heavy (non-hydrogen) atoms. The third-order valence-corrected chi connectivity index (χ3v) is 3.39. The van der Waals surface area contributed by atoms with Gasteiger partial charge in [0.05, 0.1) is 17.1 Å². The molecular weight excluding hydrogens is 248 g/mol. The zero-order chi connectivity index (χ0) is 13.8. The molecule has 102 valence electrons. The number of amides is 1. The van der Waals surface area contributed by atoms with Gasteiger partial charge in [0, 0.05) is 17.7 Å². The van der Waals surface area contributed by atoms with E-state index in [-0.39, 0.29) is 17.6 Å². The van der Waals surface area contributed by atoms with E-state index in [4.69, 9.17) is 0 Å². The molecule has 1 fully saturated rings. The second-order valence-corrected chi connectivity index (χ2v) is 4.74. The largest absolute Gasteiger partial charge is 0.391 e. The van der Waals surface area contributed by atoms with E-state index in [1.165, 1.54) is 24.3 Å². The first-order valence-corrected chi connectivity index (χ1v) is 6.31. The summed E-state index contributed by atoms with van der Waals surface area (Å²) in [5, 5.41) is 23.1. The van der Waals surface area contributed by atoms with E-state index in [0.29, 0.717) is 12.0 Å². The average Bonchev–Trinajstić information content (AvgIpc) is 2.41. The molecule has 1 amide bonds. The van der Waals surface area contributed by atoms with Crippen molar-refractivity contribution in [3.05, 3.63) is 39.9 Å². The molecule has 6 nitrogen and oxygen atoms in total. The van der Waals surface area contributed by atoms with Crippen molar-refractivity contribution >= 4 is 11.6 Å². The first kappa shape index (κ1) is 13.5. The van der Waals surface area contributed by atoms with Gasteiger partial charge in [0.1, 0.15) is 0 Å². The summed E-state index contributed by atoms with van der Waals surface area (Å²) >= 11 is 0. The van der Waals surface area contributed by atoms with Crippen LogP contribution in [0.1, 0.15) is 36.0 Å². The van der Waals surface area contributed by atoms with Crippen LogP contribution in [-0.2, 0) is 0 Å². The lowest BCUT2D eigenvalue weighted by atomic mass is 9.92. The fourth-order valence-corrected chi connectivity index (χ4v) is 2.27. The molecule has 6 heteroatoms. The molecule has 2 rings (SSSR count). The zero-order valence-electron chi connectivity index (χ0n) is 10.4. The Morgan fingerprint density at radius 3 is 2.47 bits per heavy atom. The van der Waals surface area contributed by atoms with Gasteiger partial charge < -0.3 is 10.4 Å². The van der Waals surface area contributed by atoms with Crippen molar-refractivity contribution in [1.82, 2.24) is 5.32 Å². The van der Waals surface area contributed by atoms with Crippen LogP contribution < -0.4 is 5.32 Å². The Labute approximate surface area is 110 Å². The number of carbonyl (C=O) groups is 1. The highest BCUT2D eigenvalue weighted by Gasteiger charge is 2.24. The summed E-state index contributed by atoms with van der Waals surface area (Å²) in [6, 6.07) is 5.21. The van der Waals surface area contributed by atoms with E-state index in [1.807, 2.05) is 0 Å². The predicted molar refractivity (Wildman–Crippen MR) is 68.8 cm³/mol. The van der Waals surface area contributed by atoms with Crippen molar-refractivity contribution < 1.29 is 14.8 Å². The van der Waals surface area contributed by atoms with E-state index in [9.17, 15) is 20.0 Å². The van der Waals surface area contributed by atoms with E-state index >= 15 is 0 Å². The van der Waals surface area contributed by atoms with Gasteiger partial charge in [-0.3, -0.25) is 14.9 Å². The Balaban J connectivity index is 2.01. The number of carbonyl (C=O) groups excluding carboxylic acids is 1. The standard InChI is InChI=1S/C13H16N2O4/c16-12-4-2-1-3-11(12)14-13(17)9-5-7-10(8-6-9)15(18)19/h5-8,11-12,16H,1-4H2,(H,14,17)/t11-,12-/m1/s1. The smallest absolute Gasteiger partial charge is 0.269 e. The van der Waals surface area contributed by atoms with E-state index in [1.54, 1.807) is 0 Å². The van der Waals surface area contributed by atoms with Gasteiger partial charge in [-0.1, -0.05) is 12.8 Å². The number of non-ortho nitro benzene ring substituents is 1. The minimum Gasteiger partial charge on any atom is -0.391 e. The molecule has 1 saturated carbocycles. The molecule has 2 atom stereocenters. The van der Waals surface area contributed by atoms with Crippen molar-refractivity contribution in [1.29, 1.82) is 0 Å². The normalized spacial score (nSPS) is 22.8. The van der Waals surface area contributed by atoms with Crippen LogP contribution in [0.2, 0.25) is 0 Å². The number of aliphatic hydroxyl groups is 1. The molecule has 0 heterocycles. The van der Waals surface area contributed by atoms with E-state index < -0.39 is 11.0 Å². The van der Waals surface area contributed by atoms with Crippen LogP contribution in [0.15, 0.2) is 24.3 Å². The van der Waals surface area contributed by atoms with Crippen LogP contribution >= 0.6 is 0 Å². The van der Waals surface area contributed by atoms with Crippen LogP contribution in [0, 0.1) is 10.1 Å². The molecular formula is C13H16N2O4. The molecule has 1 aromatic carbocycles. The number of nitro benzene ring substituents is 1. The van der Waals surface area contributed by atoms with Crippen molar-refractivity contribution in [2.24, 2.45) is 0 Å². The minimum atomic E-state index is -0.507. The Bertz CT molecular complexity index is 472. The number of hydrogen-bond acceptors (Lipinski definition) is 4. The molecule has 1 aromatic rings. The molecule has 2 N–H and O–H groups in total. The van der Waals surface area contributed by atoms with Crippen LogP contribution in [0.4, 0.5) is 5.69 Å². The van der Waals surface area contributed by atoms with Gasteiger partial charge in [0.25, 0.3) is 11.6 Å². The van der Waals surface area contributed by atoms with Crippen LogP contribution in [0.5, 0.6) is 0 Å². The highest BCUT2D eigenvalue weighted by atomic mass is 16.6. The maximum Gasteiger partial charge on any atom is 0.269 e. The average molecular weight is 264 g/mol. The van der Waals surface area contributed by atoms with Gasteiger partial charge in [-0.15, -0.1) is 0 Å². The summed E-state index contributed by atoms with van der Waals surface area (Å²) in [5.41, 5.74) is 0.317. The van der Waals surface area contributed by atoms with E-state index in [2.05, 4.69) is 5.32 Å². The molecule has 0 saturated heterocycles. The number of benzene rings is 1. The maximum atomic E-state index is 11.9. The highest BCUT2D eigenvalue weighted by molar-refractivity contribution is 5.94. The molecule has 0 aromatic heterocycles. The minimum absolute atomic E-state index is 0.0470. The summed E-state index contributed by atoms with van der Waals surface area (Å²) in [7, 11) is 0. The molecule has 0 spiro atoms. The predicted octanol–water partition coefficient (Wildman–Crippen LogP) is 1.63. The molecule has 1 aliphatic rings. The van der Waals surface area contributed by atoms with Crippen LogP contribution in [0.25, 0.3) is 0 Å². The van der Waals surface area contributed by atoms with Gasteiger partial charge in [0.2, 0.25) is 0 Å². The summed E-state index contributed by atoms with van der Waals surface area (Å²) < 4.78 is 0. The second kappa shape index (κ2) is 5.79. The quantitative estimate of drug-likeness (QED) is 0.641. The molecule has 0 bridgehead atoms. The van der Waals surface area contributed by atoms with Crippen molar-refractivity contribution in [2.45, 2.75) is 37.8 Å². The number of nitrogens with zero attached hydrogens (tertiary/aromatic N) is 1. The number of rotatable bonds is 3. The summed E-state index contributed by atoms with van der Waals surface area (Å²) in [6.07, 6.45) is 2.93. The van der Waals surface area contributed by atoms with Crippen LogP contribution in [0.3, 0.4) is 0 Å². The van der Waals surface area contributed by atoms with Crippen molar-refractivity contribution in [3.8, 4) is 0 Å². The number of hydrogen-bond donors (Lipinski definition) is 2. The fraction of sp³-hybridized carbons (Fsp3) is 0.462. The Hall–Kier alpha value is -1.95. The van der Waals surface area contributed by atoms with Gasteiger partial charge in [-0.25, -0.2) is 0 Å². The van der Waals surface area contributed by atoms with Gasteiger partial charge in [0.15, 0.2) is 0 Å². The lowest BCUT2D eigenvalue weighted by Gasteiger charge is -2.28. The first-order valence-electron chi connectivity index (χ1n) is 6.31. The molecule has 0 aliphatic heterocycles.